The van der Waals surface area contributed by atoms with Gasteiger partial charge in [-0.3, -0.25) is 14.9 Å². The summed E-state index contributed by atoms with van der Waals surface area (Å²) < 4.78 is 44.8. The van der Waals surface area contributed by atoms with Gasteiger partial charge in [0.2, 0.25) is 0 Å². The molecule has 0 saturated carbocycles. The van der Waals surface area contributed by atoms with Gasteiger partial charge in [0, 0.05) is 17.8 Å². The maximum atomic E-state index is 12.9. The van der Waals surface area contributed by atoms with E-state index in [1.165, 1.54) is 24.3 Å². The van der Waals surface area contributed by atoms with Gasteiger partial charge in [0.25, 0.3) is 11.6 Å². The number of rotatable bonds is 7. The third-order valence-corrected chi connectivity index (χ3v) is 5.24. The third-order valence-electron chi connectivity index (χ3n) is 4.62. The van der Waals surface area contributed by atoms with Crippen molar-refractivity contribution in [3.05, 3.63) is 104 Å². The molecule has 7 nitrogen and oxygen atoms in total. The van der Waals surface area contributed by atoms with E-state index in [1.807, 2.05) is 0 Å². The Morgan fingerprint density at radius 3 is 2.46 bits per heavy atom. The first-order chi connectivity index (χ1) is 16.6. The molecule has 11 heteroatoms. The smallest absolute Gasteiger partial charge is 0.416 e. The highest BCUT2D eigenvalue weighted by Crippen LogP contribution is 2.31. The zero-order valence-corrected chi connectivity index (χ0v) is 19.3. The van der Waals surface area contributed by atoms with E-state index >= 15 is 0 Å². The Bertz CT molecular complexity index is 1330. The topological polar surface area (TPSA) is 105 Å². The van der Waals surface area contributed by atoms with Crippen molar-refractivity contribution in [3.8, 4) is 11.8 Å². The predicted molar refractivity (Wildman–Crippen MR) is 125 cm³/mol. The van der Waals surface area contributed by atoms with E-state index in [4.69, 9.17) is 4.74 Å². The van der Waals surface area contributed by atoms with Crippen LogP contribution in [0.25, 0.3) is 6.08 Å². The number of alkyl halides is 3. The molecule has 0 saturated heterocycles. The molecular weight excluding hydrogens is 531 g/mol. The van der Waals surface area contributed by atoms with Crippen LogP contribution in [-0.4, -0.2) is 10.8 Å². The molecule has 0 aliphatic heterocycles. The number of hydrogen-bond donors (Lipinski definition) is 1. The standard InChI is InChI=1S/C24H15BrF3N3O4/c25-21-11-16(6-9-22(21)35-14-15-4-7-20(8-5-15)31(33)34)10-17(13-29)23(32)30-19-3-1-2-18(12-19)24(26,27)28/h1-12H,14H2,(H,30,32)/b17-10+. The summed E-state index contributed by atoms with van der Waals surface area (Å²) in [5.41, 5.74) is -0.182. The van der Waals surface area contributed by atoms with Gasteiger partial charge in [-0.05, 0) is 75.6 Å². The van der Waals surface area contributed by atoms with Crippen molar-refractivity contribution in [2.45, 2.75) is 12.8 Å². The molecule has 0 unspecified atom stereocenters. The first-order valence-corrected chi connectivity index (χ1v) is 10.6. The molecule has 1 amide bonds. The van der Waals surface area contributed by atoms with E-state index in [9.17, 15) is 33.3 Å². The van der Waals surface area contributed by atoms with Gasteiger partial charge in [0.15, 0.2) is 0 Å². The van der Waals surface area contributed by atoms with Crippen LogP contribution in [0.15, 0.2) is 76.8 Å². The zero-order valence-electron chi connectivity index (χ0n) is 17.7. The molecule has 3 aromatic rings. The minimum atomic E-state index is -4.57. The monoisotopic (exact) mass is 545 g/mol. The molecule has 35 heavy (non-hydrogen) atoms. The number of carbonyl (C=O) groups is 1. The summed E-state index contributed by atoms with van der Waals surface area (Å²) in [5, 5.41) is 22.4. The molecule has 178 valence electrons. The van der Waals surface area contributed by atoms with Crippen molar-refractivity contribution < 1.29 is 27.6 Å². The number of halogens is 4. The molecule has 0 bridgehead atoms. The van der Waals surface area contributed by atoms with E-state index in [0.717, 1.165) is 18.2 Å². The molecule has 1 N–H and O–H groups in total. The average molecular weight is 546 g/mol. The molecule has 0 radical (unpaired) electrons. The molecule has 0 spiro atoms. The van der Waals surface area contributed by atoms with E-state index in [0.29, 0.717) is 21.3 Å². The molecular formula is C24H15BrF3N3O4. The Morgan fingerprint density at radius 1 is 1.14 bits per heavy atom. The Labute approximate surface area is 205 Å². The van der Waals surface area contributed by atoms with Gasteiger partial charge in [0.05, 0.1) is 15.0 Å². The first kappa shape index (κ1) is 25.5. The average Bonchev–Trinajstić information content (AvgIpc) is 2.81. The summed E-state index contributed by atoms with van der Waals surface area (Å²) in [4.78, 5) is 22.7. The molecule has 3 aromatic carbocycles. The van der Waals surface area contributed by atoms with Crippen LogP contribution in [0, 0.1) is 21.4 Å². The van der Waals surface area contributed by atoms with Crippen LogP contribution in [0.3, 0.4) is 0 Å². The highest BCUT2D eigenvalue weighted by molar-refractivity contribution is 9.10. The number of non-ortho nitro benzene ring substituents is 1. The largest absolute Gasteiger partial charge is 0.488 e. The highest BCUT2D eigenvalue weighted by Gasteiger charge is 2.30. The Kier molecular flexibility index (Phi) is 7.88. The van der Waals surface area contributed by atoms with Crippen molar-refractivity contribution in [1.82, 2.24) is 0 Å². The molecule has 0 atom stereocenters. The number of benzene rings is 3. The second kappa shape index (κ2) is 10.8. The number of nitrogens with one attached hydrogen (secondary N) is 1. The van der Waals surface area contributed by atoms with Crippen molar-refractivity contribution >= 4 is 39.3 Å². The number of hydrogen-bond acceptors (Lipinski definition) is 5. The van der Waals surface area contributed by atoms with Crippen LogP contribution in [0.5, 0.6) is 5.75 Å². The normalized spacial score (nSPS) is 11.5. The zero-order chi connectivity index (χ0) is 25.6. The van der Waals surface area contributed by atoms with Crippen LogP contribution in [-0.2, 0) is 17.6 Å². The number of nitro groups is 1. The van der Waals surface area contributed by atoms with Gasteiger partial charge in [-0.15, -0.1) is 0 Å². The highest BCUT2D eigenvalue weighted by atomic mass is 79.9. The number of nitro benzene ring substituents is 1. The Hall–Kier alpha value is -4.17. The van der Waals surface area contributed by atoms with Crippen molar-refractivity contribution in [2.24, 2.45) is 0 Å². The summed E-state index contributed by atoms with van der Waals surface area (Å²) >= 11 is 3.35. The van der Waals surface area contributed by atoms with Gasteiger partial charge < -0.3 is 10.1 Å². The maximum absolute atomic E-state index is 12.9. The number of nitriles is 1. The van der Waals surface area contributed by atoms with Crippen LogP contribution >= 0.6 is 15.9 Å². The van der Waals surface area contributed by atoms with Crippen LogP contribution < -0.4 is 10.1 Å². The lowest BCUT2D eigenvalue weighted by Gasteiger charge is -2.10. The second-order valence-electron chi connectivity index (χ2n) is 7.10. The summed E-state index contributed by atoms with van der Waals surface area (Å²) in [6.07, 6.45) is -3.28. The SMILES string of the molecule is N#C/C(=C\c1ccc(OCc2ccc([N+](=O)[O-])cc2)c(Br)c1)C(=O)Nc1cccc(C(F)(F)F)c1. The number of ether oxygens (including phenoxy) is 1. The fraction of sp³-hybridized carbons (Fsp3) is 0.0833. The van der Waals surface area contributed by atoms with Crippen LogP contribution in [0.4, 0.5) is 24.5 Å². The van der Waals surface area contributed by atoms with Gasteiger partial charge >= 0.3 is 6.18 Å². The summed E-state index contributed by atoms with van der Waals surface area (Å²) in [6.45, 7) is 0.147. The summed E-state index contributed by atoms with van der Waals surface area (Å²) in [5.74, 6) is -0.408. The van der Waals surface area contributed by atoms with Gasteiger partial charge in [-0.1, -0.05) is 12.1 Å². The molecule has 0 aliphatic carbocycles. The van der Waals surface area contributed by atoms with Gasteiger partial charge in [-0.25, -0.2) is 0 Å². The quantitative estimate of drug-likeness (QED) is 0.158. The maximum Gasteiger partial charge on any atom is 0.416 e. The Morgan fingerprint density at radius 2 is 1.86 bits per heavy atom. The lowest BCUT2D eigenvalue weighted by atomic mass is 10.1. The fourth-order valence-electron chi connectivity index (χ4n) is 2.89. The third kappa shape index (κ3) is 6.91. The number of carbonyl (C=O) groups excluding carboxylic acids is 1. The number of anilines is 1. The van der Waals surface area contributed by atoms with Crippen LogP contribution in [0.2, 0.25) is 0 Å². The second-order valence-corrected chi connectivity index (χ2v) is 7.96. The van der Waals surface area contributed by atoms with E-state index in [2.05, 4.69) is 21.2 Å². The van der Waals surface area contributed by atoms with Crippen molar-refractivity contribution in [2.75, 3.05) is 5.32 Å². The summed E-state index contributed by atoms with van der Waals surface area (Å²) in [7, 11) is 0. The molecule has 0 heterocycles. The molecule has 0 aliphatic rings. The van der Waals surface area contributed by atoms with Crippen LogP contribution in [0.1, 0.15) is 16.7 Å². The molecule has 3 rings (SSSR count). The minimum Gasteiger partial charge on any atom is -0.488 e. The minimum absolute atomic E-state index is 0.0311. The van der Waals surface area contributed by atoms with Crippen molar-refractivity contribution in [1.29, 1.82) is 5.26 Å². The number of nitrogens with zero attached hydrogens (tertiary/aromatic N) is 2. The summed E-state index contributed by atoms with van der Waals surface area (Å²) in [6, 6.07) is 16.5. The van der Waals surface area contributed by atoms with E-state index < -0.39 is 22.6 Å². The van der Waals surface area contributed by atoms with E-state index in [-0.39, 0.29) is 23.6 Å². The molecule has 0 fully saturated rings. The molecule has 0 aromatic heterocycles. The lowest BCUT2D eigenvalue weighted by molar-refractivity contribution is -0.384. The van der Waals surface area contributed by atoms with Crippen molar-refractivity contribution in [3.63, 3.8) is 0 Å². The lowest BCUT2D eigenvalue weighted by Crippen LogP contribution is -2.14. The Balaban J connectivity index is 1.69. The first-order valence-electron chi connectivity index (χ1n) is 9.83. The van der Waals surface area contributed by atoms with E-state index in [1.54, 1.807) is 36.4 Å². The predicted octanol–water partition coefficient (Wildman–Crippen LogP) is 6.50. The number of amides is 1. The van der Waals surface area contributed by atoms with Gasteiger partial charge in [0.1, 0.15) is 24.0 Å². The fourth-order valence-corrected chi connectivity index (χ4v) is 3.40. The van der Waals surface area contributed by atoms with Gasteiger partial charge in [-0.2, -0.15) is 18.4 Å².